The summed E-state index contributed by atoms with van der Waals surface area (Å²) in [5.74, 6) is -2.40. The van der Waals surface area contributed by atoms with Crippen molar-refractivity contribution in [1.82, 2.24) is 0 Å². The Kier molecular flexibility index (Phi) is 1.12. The average Bonchev–Trinajstić information content (AvgIpc) is 2.24. The second kappa shape index (κ2) is 1.40. The summed E-state index contributed by atoms with van der Waals surface area (Å²) in [6.07, 6.45) is 0.584. The van der Waals surface area contributed by atoms with E-state index in [-0.39, 0.29) is 24.9 Å². The van der Waals surface area contributed by atoms with Gasteiger partial charge in [0.05, 0.1) is 5.41 Å². The summed E-state index contributed by atoms with van der Waals surface area (Å²) in [7, 11) is 0. The predicted octanol–water partition coefficient (Wildman–Crippen LogP) is 1.16. The fourth-order valence-corrected chi connectivity index (χ4v) is 1.31. The van der Waals surface area contributed by atoms with Crippen molar-refractivity contribution in [2.45, 2.75) is 24.8 Å². The van der Waals surface area contributed by atoms with Crippen molar-refractivity contribution in [2.75, 3.05) is 0 Å². The Hall–Kier alpha value is 0.110. The normalized spacial score (nSPS) is 50.3. The maximum atomic E-state index is 12.1. The van der Waals surface area contributed by atoms with Crippen LogP contribution in [0.5, 0.6) is 0 Å². The molecule has 9 heavy (non-hydrogen) atoms. The van der Waals surface area contributed by atoms with Gasteiger partial charge in [-0.05, 0) is 6.42 Å². The number of alkyl halides is 2. The smallest absolute Gasteiger partial charge is 0.256 e. The highest BCUT2D eigenvalue weighted by Gasteiger charge is 2.82. The van der Waals surface area contributed by atoms with Gasteiger partial charge in [0.25, 0.3) is 5.92 Å². The van der Waals surface area contributed by atoms with Gasteiger partial charge in [-0.15, -0.1) is 12.4 Å². The van der Waals surface area contributed by atoms with Crippen molar-refractivity contribution in [1.29, 1.82) is 0 Å². The van der Waals surface area contributed by atoms with Crippen molar-refractivity contribution in [3.05, 3.63) is 0 Å². The molecule has 2 saturated carbocycles. The van der Waals surface area contributed by atoms with Crippen LogP contribution in [0.25, 0.3) is 0 Å². The van der Waals surface area contributed by atoms with Crippen molar-refractivity contribution < 1.29 is 8.78 Å². The Bertz CT molecular complexity index is 150. The predicted molar refractivity (Wildman–Crippen MR) is 31.8 cm³/mol. The molecule has 0 heterocycles. The van der Waals surface area contributed by atoms with Crippen molar-refractivity contribution in [3.63, 3.8) is 0 Å². The SMILES string of the molecule is Cl.NC1CC12CC2(F)F. The van der Waals surface area contributed by atoms with Gasteiger partial charge in [0, 0.05) is 12.5 Å². The molecule has 2 aliphatic carbocycles. The Morgan fingerprint density at radius 1 is 1.44 bits per heavy atom. The zero-order valence-electron chi connectivity index (χ0n) is 4.73. The number of hydrogen-bond acceptors (Lipinski definition) is 1. The maximum Gasteiger partial charge on any atom is 0.256 e. The maximum absolute atomic E-state index is 12.1. The monoisotopic (exact) mass is 155 g/mol. The molecule has 2 unspecified atom stereocenters. The Morgan fingerprint density at radius 3 is 1.78 bits per heavy atom. The van der Waals surface area contributed by atoms with E-state index in [9.17, 15) is 8.78 Å². The van der Waals surface area contributed by atoms with Gasteiger partial charge in [-0.3, -0.25) is 0 Å². The molecule has 0 aromatic rings. The molecule has 2 atom stereocenters. The molecule has 2 fully saturated rings. The molecular weight excluding hydrogens is 148 g/mol. The Morgan fingerprint density at radius 2 is 1.78 bits per heavy atom. The topological polar surface area (TPSA) is 26.0 Å². The van der Waals surface area contributed by atoms with E-state index in [4.69, 9.17) is 5.73 Å². The largest absolute Gasteiger partial charge is 0.327 e. The molecule has 2 rings (SSSR count). The third kappa shape index (κ3) is 0.619. The fourth-order valence-electron chi connectivity index (χ4n) is 1.31. The van der Waals surface area contributed by atoms with E-state index in [0.29, 0.717) is 6.42 Å². The minimum Gasteiger partial charge on any atom is -0.327 e. The number of nitrogens with two attached hydrogens (primary N) is 1. The van der Waals surface area contributed by atoms with E-state index in [1.165, 1.54) is 0 Å². The highest BCUT2D eigenvalue weighted by Crippen LogP contribution is 2.74. The van der Waals surface area contributed by atoms with Crippen LogP contribution in [0.2, 0.25) is 0 Å². The fraction of sp³-hybridized carbons (Fsp3) is 1.00. The highest BCUT2D eigenvalue weighted by atomic mass is 35.5. The van der Waals surface area contributed by atoms with E-state index in [0.717, 1.165) is 0 Å². The van der Waals surface area contributed by atoms with Crippen molar-refractivity contribution in [3.8, 4) is 0 Å². The Balaban J connectivity index is 0.000000405. The molecular formula is C5H8ClF2N. The summed E-state index contributed by atoms with van der Waals surface area (Å²) in [6, 6.07) is -0.197. The van der Waals surface area contributed by atoms with Gasteiger partial charge in [-0.25, -0.2) is 8.78 Å². The summed E-state index contributed by atoms with van der Waals surface area (Å²) in [6.45, 7) is 0. The van der Waals surface area contributed by atoms with Gasteiger partial charge in [0.2, 0.25) is 0 Å². The van der Waals surface area contributed by atoms with Crippen LogP contribution < -0.4 is 5.73 Å². The van der Waals surface area contributed by atoms with E-state index < -0.39 is 11.3 Å². The van der Waals surface area contributed by atoms with Crippen LogP contribution in [0.1, 0.15) is 12.8 Å². The molecule has 2 N–H and O–H groups in total. The number of halogens is 3. The zero-order chi connectivity index (χ0) is 5.99. The van der Waals surface area contributed by atoms with Crippen LogP contribution in [0.15, 0.2) is 0 Å². The number of hydrogen-bond donors (Lipinski definition) is 1. The van der Waals surface area contributed by atoms with Crippen molar-refractivity contribution >= 4 is 12.4 Å². The second-order valence-electron chi connectivity index (χ2n) is 2.85. The van der Waals surface area contributed by atoms with Crippen molar-refractivity contribution in [2.24, 2.45) is 11.1 Å². The van der Waals surface area contributed by atoms with Gasteiger partial charge < -0.3 is 5.73 Å². The highest BCUT2D eigenvalue weighted by molar-refractivity contribution is 5.85. The van der Waals surface area contributed by atoms with Gasteiger partial charge in [-0.2, -0.15) is 0 Å². The summed E-state index contributed by atoms with van der Waals surface area (Å²) in [4.78, 5) is 0. The van der Waals surface area contributed by atoms with Gasteiger partial charge in [-0.1, -0.05) is 0 Å². The lowest BCUT2D eigenvalue weighted by Gasteiger charge is -1.87. The van der Waals surface area contributed by atoms with E-state index >= 15 is 0 Å². The van der Waals surface area contributed by atoms with Gasteiger partial charge in [0.15, 0.2) is 0 Å². The standard InChI is InChI=1S/C5H7F2N.ClH/c6-5(7)2-4(5)1-3(4)8;/h3H,1-2,8H2;1H. The minimum atomic E-state index is -2.40. The molecule has 0 amide bonds. The third-order valence-electron chi connectivity index (χ3n) is 2.27. The van der Waals surface area contributed by atoms with Crippen LogP contribution in [0.3, 0.4) is 0 Å². The molecule has 1 spiro atoms. The molecule has 2 aliphatic rings. The van der Waals surface area contributed by atoms with Gasteiger partial charge in [0.1, 0.15) is 0 Å². The molecule has 0 bridgehead atoms. The molecule has 0 radical (unpaired) electrons. The van der Waals surface area contributed by atoms with E-state index in [2.05, 4.69) is 0 Å². The molecule has 4 heteroatoms. The van der Waals surface area contributed by atoms with Crippen LogP contribution in [0.4, 0.5) is 8.78 Å². The second-order valence-corrected chi connectivity index (χ2v) is 2.85. The van der Waals surface area contributed by atoms with E-state index in [1.807, 2.05) is 0 Å². The lowest BCUT2D eigenvalue weighted by Crippen LogP contribution is -2.06. The number of rotatable bonds is 0. The van der Waals surface area contributed by atoms with Crippen LogP contribution in [-0.4, -0.2) is 12.0 Å². The lowest BCUT2D eigenvalue weighted by molar-refractivity contribution is 0.0920. The molecule has 54 valence electrons. The Labute approximate surface area is 58.0 Å². The zero-order valence-corrected chi connectivity index (χ0v) is 5.55. The van der Waals surface area contributed by atoms with Crippen LogP contribution in [0, 0.1) is 5.41 Å². The molecule has 1 nitrogen and oxygen atoms in total. The molecule has 0 aromatic carbocycles. The van der Waals surface area contributed by atoms with Crippen LogP contribution >= 0.6 is 12.4 Å². The first-order chi connectivity index (χ1) is 3.58. The lowest BCUT2D eigenvalue weighted by atomic mass is 10.4. The van der Waals surface area contributed by atoms with Crippen LogP contribution in [-0.2, 0) is 0 Å². The first-order valence-electron chi connectivity index (χ1n) is 2.72. The minimum absolute atomic E-state index is 0. The summed E-state index contributed by atoms with van der Waals surface area (Å²) < 4.78 is 24.3. The molecule has 0 aromatic heterocycles. The quantitative estimate of drug-likeness (QED) is 0.558. The summed E-state index contributed by atoms with van der Waals surface area (Å²) >= 11 is 0. The third-order valence-corrected chi connectivity index (χ3v) is 2.27. The average molecular weight is 156 g/mol. The molecule has 0 saturated heterocycles. The summed E-state index contributed by atoms with van der Waals surface area (Å²) in [5.41, 5.74) is 4.56. The molecule has 0 aliphatic heterocycles. The first-order valence-corrected chi connectivity index (χ1v) is 2.72. The summed E-state index contributed by atoms with van der Waals surface area (Å²) in [5, 5.41) is 0. The van der Waals surface area contributed by atoms with E-state index in [1.54, 1.807) is 0 Å². The van der Waals surface area contributed by atoms with Gasteiger partial charge >= 0.3 is 0 Å². The first kappa shape index (κ1) is 7.22.